The Morgan fingerprint density at radius 3 is 2.91 bits per heavy atom. The van der Waals surface area contributed by atoms with Crippen LogP contribution >= 0.6 is 11.3 Å². The summed E-state index contributed by atoms with van der Waals surface area (Å²) in [7, 11) is 0. The Bertz CT molecular complexity index is 339. The summed E-state index contributed by atoms with van der Waals surface area (Å²) in [6.45, 7) is 1.87. The summed E-state index contributed by atoms with van der Waals surface area (Å²) in [5.41, 5.74) is 0. The Morgan fingerprint density at radius 2 is 2.36 bits per heavy atom. The minimum absolute atomic E-state index is 0.609. The van der Waals surface area contributed by atoms with Crippen molar-refractivity contribution in [2.24, 2.45) is 0 Å². The molecule has 11 heavy (non-hydrogen) atoms. The molecule has 0 fully saturated rings. The third-order valence-electron chi connectivity index (χ3n) is 1.24. The molecule has 56 valence electrons. The van der Waals surface area contributed by atoms with E-state index < -0.39 is 0 Å². The molecular formula is C7H6N2OS. The molecule has 2 aromatic heterocycles. The molecule has 0 N–H and O–H groups in total. The van der Waals surface area contributed by atoms with Gasteiger partial charge in [-0.25, -0.2) is 9.97 Å². The zero-order valence-corrected chi connectivity index (χ0v) is 6.76. The van der Waals surface area contributed by atoms with Crippen molar-refractivity contribution in [2.45, 2.75) is 6.92 Å². The minimum Gasteiger partial charge on any atom is -0.440 e. The highest BCUT2D eigenvalue weighted by Crippen LogP contribution is 2.20. The van der Waals surface area contributed by atoms with Crippen LogP contribution in [0.4, 0.5) is 0 Å². The number of thiazole rings is 1. The molecule has 4 heteroatoms. The van der Waals surface area contributed by atoms with Crippen LogP contribution in [0.5, 0.6) is 0 Å². The third-order valence-corrected chi connectivity index (χ3v) is 2.00. The normalized spacial score (nSPS) is 10.3. The first-order valence-corrected chi connectivity index (χ1v) is 4.06. The van der Waals surface area contributed by atoms with Crippen molar-refractivity contribution in [1.82, 2.24) is 9.97 Å². The summed E-state index contributed by atoms with van der Waals surface area (Å²) in [6.07, 6.45) is 3.43. The molecule has 0 aliphatic heterocycles. The Hall–Kier alpha value is -1.16. The standard InChI is InChI=1S/C7H6N2OS/c1-5-4-9-6(10-5)7-8-2-3-11-7/h2-4H,1H3. The van der Waals surface area contributed by atoms with Crippen molar-refractivity contribution in [3.05, 3.63) is 23.5 Å². The molecule has 0 aliphatic rings. The predicted octanol–water partition coefficient (Wildman–Crippen LogP) is 2.11. The smallest absolute Gasteiger partial charge is 0.255 e. The average Bonchev–Trinajstić information content (AvgIpc) is 2.55. The van der Waals surface area contributed by atoms with Gasteiger partial charge in [-0.3, -0.25) is 0 Å². The fraction of sp³-hybridized carbons (Fsp3) is 0.143. The van der Waals surface area contributed by atoms with E-state index in [0.29, 0.717) is 5.89 Å². The second kappa shape index (κ2) is 2.47. The van der Waals surface area contributed by atoms with E-state index in [4.69, 9.17) is 4.42 Å². The zero-order valence-electron chi connectivity index (χ0n) is 5.94. The van der Waals surface area contributed by atoms with Gasteiger partial charge in [-0.2, -0.15) is 0 Å². The van der Waals surface area contributed by atoms with Crippen molar-refractivity contribution in [3.8, 4) is 10.9 Å². The summed E-state index contributed by atoms with van der Waals surface area (Å²) in [5, 5.41) is 2.73. The third kappa shape index (κ3) is 1.17. The lowest BCUT2D eigenvalue weighted by atomic mass is 10.6. The summed E-state index contributed by atoms with van der Waals surface area (Å²) < 4.78 is 5.26. The lowest BCUT2D eigenvalue weighted by molar-refractivity contribution is 0.542. The SMILES string of the molecule is Cc1cnc(-c2nccs2)o1. The molecular weight excluding hydrogens is 160 g/mol. The maximum absolute atomic E-state index is 5.26. The molecule has 0 atom stereocenters. The van der Waals surface area contributed by atoms with E-state index in [-0.39, 0.29) is 0 Å². The van der Waals surface area contributed by atoms with Crippen LogP contribution in [0, 0.1) is 6.92 Å². The maximum atomic E-state index is 5.26. The van der Waals surface area contributed by atoms with Gasteiger partial charge < -0.3 is 4.42 Å². The average molecular weight is 166 g/mol. The molecule has 0 saturated heterocycles. The Kier molecular flexibility index (Phi) is 1.47. The number of aromatic nitrogens is 2. The predicted molar refractivity (Wildman–Crippen MR) is 42.3 cm³/mol. The number of oxazole rings is 1. The van der Waals surface area contributed by atoms with Crippen molar-refractivity contribution in [1.29, 1.82) is 0 Å². The van der Waals surface area contributed by atoms with E-state index in [1.54, 1.807) is 12.4 Å². The van der Waals surface area contributed by atoms with E-state index in [1.807, 2.05) is 12.3 Å². The van der Waals surface area contributed by atoms with Crippen LogP contribution in [-0.4, -0.2) is 9.97 Å². The molecule has 0 amide bonds. The van der Waals surface area contributed by atoms with Gasteiger partial charge in [-0.15, -0.1) is 11.3 Å². The lowest BCUT2D eigenvalue weighted by Gasteiger charge is -1.83. The number of aryl methyl sites for hydroxylation is 1. The minimum atomic E-state index is 0.609. The van der Waals surface area contributed by atoms with Gasteiger partial charge in [0.2, 0.25) is 0 Å². The molecule has 0 radical (unpaired) electrons. The molecule has 0 aliphatic carbocycles. The monoisotopic (exact) mass is 166 g/mol. The van der Waals surface area contributed by atoms with Gasteiger partial charge in [0.25, 0.3) is 5.89 Å². The molecule has 3 nitrogen and oxygen atoms in total. The fourth-order valence-corrected chi connectivity index (χ4v) is 1.35. The highest BCUT2D eigenvalue weighted by molar-refractivity contribution is 7.12. The van der Waals surface area contributed by atoms with Gasteiger partial charge in [0.15, 0.2) is 5.01 Å². The molecule has 0 bridgehead atoms. The lowest BCUT2D eigenvalue weighted by Crippen LogP contribution is -1.71. The van der Waals surface area contributed by atoms with Crippen LogP contribution in [0.1, 0.15) is 5.76 Å². The Morgan fingerprint density at radius 1 is 1.45 bits per heavy atom. The molecule has 0 unspecified atom stereocenters. The summed E-state index contributed by atoms with van der Waals surface area (Å²) in [4.78, 5) is 8.10. The quantitative estimate of drug-likeness (QED) is 0.651. The topological polar surface area (TPSA) is 38.9 Å². The molecule has 0 saturated carbocycles. The Labute approximate surface area is 67.7 Å². The molecule has 2 rings (SSSR count). The van der Waals surface area contributed by atoms with Gasteiger partial charge in [0, 0.05) is 11.6 Å². The highest BCUT2D eigenvalue weighted by Gasteiger charge is 2.05. The largest absolute Gasteiger partial charge is 0.440 e. The van der Waals surface area contributed by atoms with Crippen LogP contribution in [0.15, 0.2) is 22.2 Å². The van der Waals surface area contributed by atoms with Crippen LogP contribution in [0.25, 0.3) is 10.9 Å². The fourth-order valence-electron chi connectivity index (χ4n) is 0.783. The van der Waals surface area contributed by atoms with Crippen LogP contribution in [0.2, 0.25) is 0 Å². The second-order valence-corrected chi connectivity index (χ2v) is 3.01. The second-order valence-electron chi connectivity index (χ2n) is 2.11. The molecule has 2 heterocycles. The first kappa shape index (κ1) is 6.54. The summed E-state index contributed by atoms with van der Waals surface area (Å²) in [5.74, 6) is 1.42. The molecule has 0 spiro atoms. The number of hydrogen-bond acceptors (Lipinski definition) is 4. The van der Waals surface area contributed by atoms with Crippen LogP contribution < -0.4 is 0 Å². The van der Waals surface area contributed by atoms with Crippen molar-refractivity contribution >= 4 is 11.3 Å². The van der Waals surface area contributed by atoms with Gasteiger partial charge in [-0.05, 0) is 6.92 Å². The van der Waals surface area contributed by atoms with Crippen molar-refractivity contribution < 1.29 is 4.42 Å². The van der Waals surface area contributed by atoms with E-state index in [9.17, 15) is 0 Å². The maximum Gasteiger partial charge on any atom is 0.255 e. The summed E-state index contributed by atoms with van der Waals surface area (Å²) in [6, 6.07) is 0. The number of hydrogen-bond donors (Lipinski definition) is 0. The van der Waals surface area contributed by atoms with Crippen molar-refractivity contribution in [3.63, 3.8) is 0 Å². The van der Waals surface area contributed by atoms with E-state index >= 15 is 0 Å². The first-order valence-electron chi connectivity index (χ1n) is 3.18. The number of nitrogens with zero attached hydrogens (tertiary/aromatic N) is 2. The summed E-state index contributed by atoms with van der Waals surface area (Å²) >= 11 is 1.52. The molecule has 0 aromatic carbocycles. The van der Waals surface area contributed by atoms with E-state index in [2.05, 4.69) is 9.97 Å². The molecule has 2 aromatic rings. The van der Waals surface area contributed by atoms with Gasteiger partial charge >= 0.3 is 0 Å². The van der Waals surface area contributed by atoms with Gasteiger partial charge in [-0.1, -0.05) is 0 Å². The number of rotatable bonds is 1. The van der Waals surface area contributed by atoms with Crippen LogP contribution in [-0.2, 0) is 0 Å². The zero-order chi connectivity index (χ0) is 7.68. The van der Waals surface area contributed by atoms with E-state index in [1.165, 1.54) is 11.3 Å². The van der Waals surface area contributed by atoms with Crippen molar-refractivity contribution in [2.75, 3.05) is 0 Å². The van der Waals surface area contributed by atoms with Gasteiger partial charge in [0.05, 0.1) is 6.20 Å². The Balaban J connectivity index is 2.45. The van der Waals surface area contributed by atoms with E-state index in [0.717, 1.165) is 10.8 Å². The first-order chi connectivity index (χ1) is 5.36. The highest BCUT2D eigenvalue weighted by atomic mass is 32.1. The van der Waals surface area contributed by atoms with Gasteiger partial charge in [0.1, 0.15) is 5.76 Å². The van der Waals surface area contributed by atoms with Crippen LogP contribution in [0.3, 0.4) is 0 Å².